The van der Waals surface area contributed by atoms with Crippen molar-refractivity contribution in [3.63, 3.8) is 0 Å². The lowest BCUT2D eigenvalue weighted by molar-refractivity contribution is -0.117. The highest BCUT2D eigenvalue weighted by Gasteiger charge is 2.21. The Morgan fingerprint density at radius 1 is 1.11 bits per heavy atom. The highest BCUT2D eigenvalue weighted by Crippen LogP contribution is 2.23. The Labute approximate surface area is 163 Å². The lowest BCUT2D eigenvalue weighted by Gasteiger charge is -2.15. The molecule has 1 aliphatic rings. The normalized spacial score (nSPS) is 14.2. The summed E-state index contributed by atoms with van der Waals surface area (Å²) >= 11 is 0. The van der Waals surface area contributed by atoms with E-state index in [2.05, 4.69) is 10.3 Å². The molecule has 0 atom stereocenters. The monoisotopic (exact) mass is 371 g/mol. The fourth-order valence-corrected chi connectivity index (χ4v) is 3.38. The maximum atomic E-state index is 12.4. The number of para-hydroxylation sites is 1. The Bertz CT molecular complexity index is 1070. The molecule has 5 nitrogen and oxygen atoms in total. The van der Waals surface area contributed by atoms with E-state index in [1.807, 2.05) is 61.5 Å². The standard InChI is InChI=1S/C23H21N3O2/c1-16-7-11-18-4-2-5-20(23(18)24-16)25-21(27)14-10-17-8-12-19(13-9-17)26-15-3-6-22(26)28/h2,4-5,7-14H,3,6,15H2,1H3,(H,25,27)/b14-10+. The molecule has 5 heteroatoms. The summed E-state index contributed by atoms with van der Waals surface area (Å²) in [4.78, 5) is 30.5. The topological polar surface area (TPSA) is 62.3 Å². The highest BCUT2D eigenvalue weighted by atomic mass is 16.2. The van der Waals surface area contributed by atoms with E-state index in [9.17, 15) is 9.59 Å². The van der Waals surface area contributed by atoms with E-state index in [1.165, 1.54) is 6.08 Å². The number of hydrogen-bond donors (Lipinski definition) is 1. The number of anilines is 2. The lowest BCUT2D eigenvalue weighted by atomic mass is 10.1. The van der Waals surface area contributed by atoms with Crippen LogP contribution in [0.5, 0.6) is 0 Å². The number of hydrogen-bond acceptors (Lipinski definition) is 3. The van der Waals surface area contributed by atoms with Crippen LogP contribution in [0.15, 0.2) is 60.7 Å². The number of nitrogens with zero attached hydrogens (tertiary/aromatic N) is 2. The van der Waals surface area contributed by atoms with Crippen molar-refractivity contribution < 1.29 is 9.59 Å². The predicted molar refractivity (Wildman–Crippen MR) is 112 cm³/mol. The van der Waals surface area contributed by atoms with Crippen LogP contribution in [0.4, 0.5) is 11.4 Å². The Morgan fingerprint density at radius 3 is 2.68 bits per heavy atom. The van der Waals surface area contributed by atoms with Crippen molar-refractivity contribution in [2.24, 2.45) is 0 Å². The summed E-state index contributed by atoms with van der Waals surface area (Å²) in [6.45, 7) is 2.70. The first kappa shape index (κ1) is 17.9. The number of carbonyl (C=O) groups excluding carboxylic acids is 2. The minimum absolute atomic E-state index is 0.168. The fourth-order valence-electron chi connectivity index (χ4n) is 3.38. The molecule has 0 bridgehead atoms. The SMILES string of the molecule is Cc1ccc2cccc(NC(=O)/C=C/c3ccc(N4CCCC4=O)cc3)c2n1. The first-order chi connectivity index (χ1) is 13.6. The van der Waals surface area contributed by atoms with Crippen LogP contribution in [0.3, 0.4) is 0 Å². The van der Waals surface area contributed by atoms with Gasteiger partial charge in [-0.25, -0.2) is 0 Å². The maximum absolute atomic E-state index is 12.4. The zero-order valence-corrected chi connectivity index (χ0v) is 15.7. The maximum Gasteiger partial charge on any atom is 0.248 e. The quantitative estimate of drug-likeness (QED) is 0.695. The molecule has 140 valence electrons. The Morgan fingerprint density at radius 2 is 1.93 bits per heavy atom. The number of nitrogens with one attached hydrogen (secondary N) is 1. The van der Waals surface area contributed by atoms with Crippen molar-refractivity contribution in [1.82, 2.24) is 4.98 Å². The molecule has 1 aromatic heterocycles. The molecular weight excluding hydrogens is 350 g/mol. The van der Waals surface area contributed by atoms with Crippen molar-refractivity contribution in [2.75, 3.05) is 16.8 Å². The molecule has 1 fully saturated rings. The van der Waals surface area contributed by atoms with Gasteiger partial charge < -0.3 is 10.2 Å². The average molecular weight is 371 g/mol. The molecule has 0 radical (unpaired) electrons. The van der Waals surface area contributed by atoms with Crippen LogP contribution in [-0.2, 0) is 9.59 Å². The molecule has 0 aliphatic carbocycles. The molecule has 0 unspecified atom stereocenters. The zero-order chi connectivity index (χ0) is 19.5. The molecule has 2 heterocycles. The van der Waals surface area contributed by atoms with Crippen molar-refractivity contribution in [2.45, 2.75) is 19.8 Å². The summed E-state index contributed by atoms with van der Waals surface area (Å²) in [6.07, 6.45) is 4.78. The van der Waals surface area contributed by atoms with Crippen LogP contribution in [0.25, 0.3) is 17.0 Å². The molecule has 0 spiro atoms. The van der Waals surface area contributed by atoms with Gasteiger partial charge >= 0.3 is 0 Å². The Kier molecular flexibility index (Phi) is 4.89. The van der Waals surface area contributed by atoms with Crippen LogP contribution >= 0.6 is 0 Å². The minimum Gasteiger partial charge on any atom is -0.321 e. The van der Waals surface area contributed by atoms with E-state index in [0.717, 1.165) is 40.8 Å². The molecule has 2 aromatic carbocycles. The van der Waals surface area contributed by atoms with E-state index >= 15 is 0 Å². The van der Waals surface area contributed by atoms with Gasteiger partial charge in [0, 0.05) is 35.8 Å². The first-order valence-corrected chi connectivity index (χ1v) is 9.36. The molecular formula is C23H21N3O2. The zero-order valence-electron chi connectivity index (χ0n) is 15.7. The number of fused-ring (bicyclic) bond motifs is 1. The van der Waals surface area contributed by atoms with Gasteiger partial charge in [-0.15, -0.1) is 0 Å². The van der Waals surface area contributed by atoms with Crippen LogP contribution in [0.2, 0.25) is 0 Å². The van der Waals surface area contributed by atoms with Gasteiger partial charge in [-0.2, -0.15) is 0 Å². The number of benzene rings is 2. The summed E-state index contributed by atoms with van der Waals surface area (Å²) in [6, 6.07) is 17.3. The molecule has 3 aromatic rings. The summed E-state index contributed by atoms with van der Waals surface area (Å²) in [7, 11) is 0. The van der Waals surface area contributed by atoms with E-state index in [1.54, 1.807) is 11.0 Å². The second-order valence-electron chi connectivity index (χ2n) is 6.89. The van der Waals surface area contributed by atoms with Gasteiger partial charge in [-0.05, 0) is 49.2 Å². The van der Waals surface area contributed by atoms with Gasteiger partial charge in [0.2, 0.25) is 11.8 Å². The third-order valence-corrected chi connectivity index (χ3v) is 4.82. The second kappa shape index (κ2) is 7.64. The van der Waals surface area contributed by atoms with E-state index in [0.29, 0.717) is 12.1 Å². The van der Waals surface area contributed by atoms with Crippen molar-refractivity contribution in [3.05, 3.63) is 71.9 Å². The van der Waals surface area contributed by atoms with E-state index in [-0.39, 0.29) is 11.8 Å². The third-order valence-electron chi connectivity index (χ3n) is 4.82. The lowest BCUT2D eigenvalue weighted by Crippen LogP contribution is -2.23. The molecule has 1 aliphatic heterocycles. The number of carbonyl (C=O) groups is 2. The number of aryl methyl sites for hydroxylation is 1. The largest absolute Gasteiger partial charge is 0.321 e. The third kappa shape index (κ3) is 3.78. The second-order valence-corrected chi connectivity index (χ2v) is 6.89. The number of aromatic nitrogens is 1. The van der Waals surface area contributed by atoms with E-state index < -0.39 is 0 Å². The van der Waals surface area contributed by atoms with Crippen LogP contribution < -0.4 is 10.2 Å². The first-order valence-electron chi connectivity index (χ1n) is 9.36. The van der Waals surface area contributed by atoms with Crippen LogP contribution in [0, 0.1) is 6.92 Å². The molecule has 4 rings (SSSR count). The van der Waals surface area contributed by atoms with Gasteiger partial charge in [0.05, 0.1) is 11.2 Å². The van der Waals surface area contributed by atoms with Gasteiger partial charge in [0.15, 0.2) is 0 Å². The summed E-state index contributed by atoms with van der Waals surface area (Å²) in [5, 5.41) is 3.89. The summed E-state index contributed by atoms with van der Waals surface area (Å²) < 4.78 is 0. The van der Waals surface area contributed by atoms with Crippen molar-refractivity contribution in [1.29, 1.82) is 0 Å². The van der Waals surface area contributed by atoms with Crippen molar-refractivity contribution in [3.8, 4) is 0 Å². The van der Waals surface area contributed by atoms with Gasteiger partial charge in [-0.3, -0.25) is 14.6 Å². The number of amides is 2. The number of rotatable bonds is 4. The fraction of sp³-hybridized carbons (Fsp3) is 0.174. The molecule has 1 saturated heterocycles. The number of pyridine rings is 1. The molecule has 2 amide bonds. The van der Waals surface area contributed by atoms with Gasteiger partial charge in [0.1, 0.15) is 0 Å². The minimum atomic E-state index is -0.213. The smallest absolute Gasteiger partial charge is 0.248 e. The molecule has 0 saturated carbocycles. The van der Waals surface area contributed by atoms with Gasteiger partial charge in [0.25, 0.3) is 0 Å². The van der Waals surface area contributed by atoms with Gasteiger partial charge in [-0.1, -0.05) is 30.3 Å². The average Bonchev–Trinajstić information content (AvgIpc) is 3.13. The predicted octanol–water partition coefficient (Wildman–Crippen LogP) is 4.32. The Balaban J connectivity index is 1.46. The highest BCUT2D eigenvalue weighted by molar-refractivity contribution is 6.06. The summed E-state index contributed by atoms with van der Waals surface area (Å²) in [5.41, 5.74) is 4.18. The van der Waals surface area contributed by atoms with Crippen LogP contribution in [0.1, 0.15) is 24.1 Å². The molecule has 1 N–H and O–H groups in total. The van der Waals surface area contributed by atoms with Crippen molar-refractivity contribution >= 4 is 40.2 Å². The molecule has 28 heavy (non-hydrogen) atoms. The van der Waals surface area contributed by atoms with Crippen LogP contribution in [-0.4, -0.2) is 23.3 Å². The Hall–Kier alpha value is -3.47. The summed E-state index contributed by atoms with van der Waals surface area (Å²) in [5.74, 6) is -0.0452. The van der Waals surface area contributed by atoms with E-state index in [4.69, 9.17) is 0 Å².